The van der Waals surface area contributed by atoms with Crippen molar-refractivity contribution in [3.63, 3.8) is 0 Å². The predicted molar refractivity (Wildman–Crippen MR) is 93.1 cm³/mol. The average molecular weight is 332 g/mol. The average Bonchev–Trinajstić information content (AvgIpc) is 2.81. The Kier molecular flexibility index (Phi) is 5.74. The van der Waals surface area contributed by atoms with Crippen molar-refractivity contribution in [1.29, 1.82) is 0 Å². The van der Waals surface area contributed by atoms with E-state index in [1.807, 2.05) is 18.2 Å². The van der Waals surface area contributed by atoms with Crippen molar-refractivity contribution in [1.82, 2.24) is 9.80 Å². The summed E-state index contributed by atoms with van der Waals surface area (Å²) in [6, 6.07) is 9.20. The second-order valence-electron chi connectivity index (χ2n) is 7.08. The van der Waals surface area contributed by atoms with Gasteiger partial charge in [-0.25, -0.2) is 4.79 Å². The van der Waals surface area contributed by atoms with Crippen LogP contribution in [0.15, 0.2) is 30.3 Å². The summed E-state index contributed by atoms with van der Waals surface area (Å²) in [5, 5.41) is 10.7. The summed E-state index contributed by atoms with van der Waals surface area (Å²) < 4.78 is 5.43. The first-order valence-corrected chi connectivity index (χ1v) is 9.11. The first-order valence-electron chi connectivity index (χ1n) is 9.11. The lowest BCUT2D eigenvalue weighted by Gasteiger charge is -2.36. The number of ether oxygens (including phenoxy) is 1. The molecular weight excluding hydrogens is 304 g/mol. The minimum atomic E-state index is -0.530. The van der Waals surface area contributed by atoms with Gasteiger partial charge in [-0.05, 0) is 31.4 Å². The lowest BCUT2D eigenvalue weighted by atomic mass is 9.84. The number of carbonyl (C=O) groups is 1. The van der Waals surface area contributed by atoms with E-state index in [2.05, 4.69) is 4.90 Å². The van der Waals surface area contributed by atoms with E-state index in [0.29, 0.717) is 18.8 Å². The van der Waals surface area contributed by atoms with Gasteiger partial charge in [0.1, 0.15) is 5.75 Å². The molecule has 3 rings (SSSR count). The molecule has 1 aromatic carbocycles. The second kappa shape index (κ2) is 7.99. The van der Waals surface area contributed by atoms with Gasteiger partial charge in [0.25, 0.3) is 0 Å². The lowest BCUT2D eigenvalue weighted by molar-refractivity contribution is -0.0252. The Labute approximate surface area is 144 Å². The van der Waals surface area contributed by atoms with Crippen molar-refractivity contribution >= 4 is 6.09 Å². The number of hydrogen-bond donors (Lipinski definition) is 1. The van der Waals surface area contributed by atoms with Crippen LogP contribution in [0.5, 0.6) is 5.75 Å². The van der Waals surface area contributed by atoms with Crippen molar-refractivity contribution in [2.24, 2.45) is 0 Å². The predicted octanol–water partition coefficient (Wildman–Crippen LogP) is 2.89. The fourth-order valence-corrected chi connectivity index (χ4v) is 3.75. The number of amides is 1. The molecule has 1 N–H and O–H groups in total. The van der Waals surface area contributed by atoms with Crippen LogP contribution >= 0.6 is 0 Å². The van der Waals surface area contributed by atoms with Crippen molar-refractivity contribution in [3.8, 4) is 5.75 Å². The first-order chi connectivity index (χ1) is 11.6. The van der Waals surface area contributed by atoms with Crippen LogP contribution in [0.2, 0.25) is 0 Å². The van der Waals surface area contributed by atoms with Crippen LogP contribution in [0.1, 0.15) is 38.5 Å². The molecule has 1 aliphatic heterocycles. The van der Waals surface area contributed by atoms with E-state index in [9.17, 15) is 9.90 Å². The van der Waals surface area contributed by atoms with Gasteiger partial charge < -0.3 is 14.7 Å². The zero-order valence-electron chi connectivity index (χ0n) is 14.3. The van der Waals surface area contributed by atoms with Crippen molar-refractivity contribution in [2.45, 2.75) is 44.1 Å². The van der Waals surface area contributed by atoms with Crippen LogP contribution in [-0.2, 0) is 0 Å². The normalized spacial score (nSPS) is 22.0. The van der Waals surface area contributed by atoms with Gasteiger partial charge in [0, 0.05) is 32.7 Å². The van der Waals surface area contributed by atoms with Crippen LogP contribution < -0.4 is 4.74 Å². The maximum Gasteiger partial charge on any atom is 0.415 e. The summed E-state index contributed by atoms with van der Waals surface area (Å²) in [4.78, 5) is 16.4. The molecule has 5 nitrogen and oxygen atoms in total. The number of β-amino-alcohol motifs (C(OH)–C–C–N with tert-alkyl or cyclic N) is 1. The zero-order chi connectivity index (χ0) is 16.8. The van der Waals surface area contributed by atoms with Crippen LogP contribution in [0.25, 0.3) is 0 Å². The molecule has 0 atom stereocenters. The minimum absolute atomic E-state index is 0.278. The Morgan fingerprint density at radius 3 is 2.50 bits per heavy atom. The summed E-state index contributed by atoms with van der Waals surface area (Å²) >= 11 is 0. The molecule has 24 heavy (non-hydrogen) atoms. The maximum atomic E-state index is 12.3. The SMILES string of the molecule is O=C(Oc1ccccc1)N1CCCN(CC2(O)CCCCC2)CC1. The molecule has 2 aliphatic rings. The van der Waals surface area contributed by atoms with Gasteiger partial charge in [-0.2, -0.15) is 0 Å². The van der Waals surface area contributed by atoms with Crippen molar-refractivity contribution in [3.05, 3.63) is 30.3 Å². The highest BCUT2D eigenvalue weighted by Crippen LogP contribution is 2.29. The van der Waals surface area contributed by atoms with Crippen molar-refractivity contribution in [2.75, 3.05) is 32.7 Å². The summed E-state index contributed by atoms with van der Waals surface area (Å²) in [5.74, 6) is 0.583. The van der Waals surface area contributed by atoms with Crippen LogP contribution in [0.4, 0.5) is 4.79 Å². The Hall–Kier alpha value is -1.59. The molecule has 1 heterocycles. The molecule has 0 unspecified atom stereocenters. The zero-order valence-corrected chi connectivity index (χ0v) is 14.3. The van der Waals surface area contributed by atoms with Gasteiger partial charge in [0.05, 0.1) is 5.60 Å². The van der Waals surface area contributed by atoms with Gasteiger partial charge >= 0.3 is 6.09 Å². The number of benzene rings is 1. The molecule has 1 saturated carbocycles. The standard InChI is InChI=1S/C19H28N2O3/c22-18(24-17-8-3-1-4-9-17)21-13-7-12-20(14-15-21)16-19(23)10-5-2-6-11-19/h1,3-4,8-9,23H,2,5-7,10-16H2. The molecule has 1 aromatic rings. The van der Waals surface area contributed by atoms with E-state index in [1.54, 1.807) is 17.0 Å². The molecule has 1 saturated heterocycles. The van der Waals surface area contributed by atoms with E-state index in [0.717, 1.165) is 51.7 Å². The third-order valence-corrected chi connectivity index (χ3v) is 5.10. The first kappa shape index (κ1) is 17.2. The third kappa shape index (κ3) is 4.71. The molecule has 5 heteroatoms. The Balaban J connectivity index is 1.50. The van der Waals surface area contributed by atoms with E-state index < -0.39 is 5.60 Å². The van der Waals surface area contributed by atoms with Gasteiger partial charge in [-0.1, -0.05) is 37.5 Å². The topological polar surface area (TPSA) is 53.0 Å². The minimum Gasteiger partial charge on any atom is -0.410 e. The van der Waals surface area contributed by atoms with E-state index in [1.165, 1.54) is 6.42 Å². The molecule has 1 amide bonds. The fraction of sp³-hybridized carbons (Fsp3) is 0.632. The number of para-hydroxylation sites is 1. The third-order valence-electron chi connectivity index (χ3n) is 5.10. The van der Waals surface area contributed by atoms with Crippen LogP contribution in [-0.4, -0.2) is 59.3 Å². The van der Waals surface area contributed by atoms with Gasteiger partial charge in [-0.15, -0.1) is 0 Å². The molecule has 0 radical (unpaired) electrons. The second-order valence-corrected chi connectivity index (χ2v) is 7.08. The molecule has 132 valence electrons. The van der Waals surface area contributed by atoms with E-state index >= 15 is 0 Å². The number of hydrogen-bond acceptors (Lipinski definition) is 4. The molecular formula is C19H28N2O3. The molecule has 0 aromatic heterocycles. The number of carbonyl (C=O) groups excluding carboxylic acids is 1. The fourth-order valence-electron chi connectivity index (χ4n) is 3.75. The number of aliphatic hydroxyl groups is 1. The molecule has 1 aliphatic carbocycles. The Morgan fingerprint density at radius 2 is 1.75 bits per heavy atom. The van der Waals surface area contributed by atoms with Crippen LogP contribution in [0.3, 0.4) is 0 Å². The maximum absolute atomic E-state index is 12.3. The number of rotatable bonds is 3. The smallest absolute Gasteiger partial charge is 0.410 e. The quantitative estimate of drug-likeness (QED) is 0.925. The Morgan fingerprint density at radius 1 is 1.00 bits per heavy atom. The largest absolute Gasteiger partial charge is 0.415 e. The highest BCUT2D eigenvalue weighted by atomic mass is 16.6. The summed E-state index contributed by atoms with van der Waals surface area (Å²) in [5.41, 5.74) is -0.530. The van der Waals surface area contributed by atoms with Gasteiger partial charge in [-0.3, -0.25) is 4.90 Å². The monoisotopic (exact) mass is 332 g/mol. The molecule has 0 spiro atoms. The van der Waals surface area contributed by atoms with Gasteiger partial charge in [0.2, 0.25) is 0 Å². The summed E-state index contributed by atoms with van der Waals surface area (Å²) in [6.45, 7) is 3.82. The lowest BCUT2D eigenvalue weighted by Crippen LogP contribution is -2.46. The molecule has 0 bridgehead atoms. The highest BCUT2D eigenvalue weighted by Gasteiger charge is 2.32. The van der Waals surface area contributed by atoms with Crippen LogP contribution in [0, 0.1) is 0 Å². The number of nitrogens with zero attached hydrogens (tertiary/aromatic N) is 2. The van der Waals surface area contributed by atoms with Gasteiger partial charge in [0.15, 0.2) is 0 Å². The highest BCUT2D eigenvalue weighted by molar-refractivity contribution is 5.70. The molecule has 2 fully saturated rings. The van der Waals surface area contributed by atoms with E-state index in [4.69, 9.17) is 4.74 Å². The summed E-state index contributed by atoms with van der Waals surface area (Å²) in [7, 11) is 0. The van der Waals surface area contributed by atoms with Crippen molar-refractivity contribution < 1.29 is 14.6 Å². The Bertz CT molecular complexity index is 529. The summed E-state index contributed by atoms with van der Waals surface area (Å²) in [6.07, 6.45) is 5.94. The van der Waals surface area contributed by atoms with E-state index in [-0.39, 0.29) is 6.09 Å².